The summed E-state index contributed by atoms with van der Waals surface area (Å²) in [5, 5.41) is 25.7. The summed E-state index contributed by atoms with van der Waals surface area (Å²) < 4.78 is 12.0. The molecule has 0 spiro atoms. The molecule has 2 amide bonds. The van der Waals surface area contributed by atoms with Gasteiger partial charge in [-0.3, -0.25) is 19.2 Å². The number of ether oxygens (including phenoxy) is 2. The summed E-state index contributed by atoms with van der Waals surface area (Å²) in [5.41, 5.74) is 0. The molecule has 0 bridgehead atoms. The van der Waals surface area contributed by atoms with Gasteiger partial charge in [-0.25, -0.2) is 0 Å². The summed E-state index contributed by atoms with van der Waals surface area (Å²) in [4.78, 5) is 51.1. The van der Waals surface area contributed by atoms with Gasteiger partial charge in [0.2, 0.25) is 11.8 Å². The Kier molecular flexibility index (Phi) is 58.0. The van der Waals surface area contributed by atoms with Gasteiger partial charge in [-0.15, -0.1) is 0 Å². The number of amides is 2. The minimum Gasteiger partial charge on any atom is -0.463 e. The summed E-state index contributed by atoms with van der Waals surface area (Å²) in [6.07, 6.45) is 76.5. The van der Waals surface area contributed by atoms with Crippen LogP contribution in [0.15, 0.2) is 0 Å². The fraction of sp³-hybridized carbons (Fsp3) is 0.960. The smallest absolute Gasteiger partial charge is 0.305 e. The van der Waals surface area contributed by atoms with Gasteiger partial charge in [0.15, 0.2) is 0 Å². The van der Waals surface area contributed by atoms with Crippen molar-refractivity contribution in [2.75, 3.05) is 123 Å². The van der Waals surface area contributed by atoms with Gasteiger partial charge < -0.3 is 49.1 Å². The van der Waals surface area contributed by atoms with Crippen LogP contribution in [-0.2, 0) is 28.7 Å². The summed E-state index contributed by atoms with van der Waals surface area (Å²) in [7, 11) is 20.6. The molecule has 0 aromatic rings. The number of nitrogens with one attached hydrogen (secondary N) is 2. The van der Waals surface area contributed by atoms with E-state index in [9.17, 15) is 29.4 Å². The van der Waals surface area contributed by atoms with Crippen molar-refractivity contribution in [2.24, 2.45) is 82.9 Å². The average molecular weight is 1620 g/mol. The number of rotatable bonds is 73. The van der Waals surface area contributed by atoms with Crippen molar-refractivity contribution >= 4 is 23.8 Å². The van der Waals surface area contributed by atoms with Crippen LogP contribution in [0.5, 0.6) is 0 Å². The topological polar surface area (TPSA) is 158 Å². The van der Waals surface area contributed by atoms with Gasteiger partial charge >= 0.3 is 11.9 Å². The second-order valence-electron chi connectivity index (χ2n) is 41.9. The van der Waals surface area contributed by atoms with E-state index in [-0.39, 0.29) is 37.0 Å². The Balaban J connectivity index is 0.000000323. The molecule has 7 rings (SSSR count). The molecule has 16 atom stereocenters. The molecule has 0 saturated heterocycles. The zero-order chi connectivity index (χ0) is 83.9. The van der Waals surface area contributed by atoms with Crippen molar-refractivity contribution in [3.05, 3.63) is 0 Å². The van der Waals surface area contributed by atoms with Gasteiger partial charge in [0, 0.05) is 51.7 Å². The molecule has 0 aromatic carbocycles. The number of nitrogens with zero attached hydrogens (tertiary/aromatic N) is 4. The van der Waals surface area contributed by atoms with Crippen LogP contribution in [0, 0.1) is 82.9 Å². The van der Waals surface area contributed by atoms with Crippen LogP contribution in [0.3, 0.4) is 0 Å². The molecule has 0 radical (unpaired) electrons. The number of aliphatic hydroxyl groups excluding tert-OH is 2. The van der Waals surface area contributed by atoms with Crippen LogP contribution >= 0.6 is 0 Å². The maximum absolute atomic E-state index is 11.8. The van der Waals surface area contributed by atoms with Crippen molar-refractivity contribution in [3.63, 3.8) is 0 Å². The quantitative estimate of drug-likeness (QED) is 0.0262. The molecule has 7 aliphatic rings. The summed E-state index contributed by atoms with van der Waals surface area (Å²) in [5.74, 6) is 15.2. The van der Waals surface area contributed by atoms with Crippen LogP contribution in [0.1, 0.15) is 407 Å². The first-order valence-electron chi connectivity index (χ1n) is 50.4. The van der Waals surface area contributed by atoms with Gasteiger partial charge in [-0.1, -0.05) is 278 Å². The fourth-order valence-corrected chi connectivity index (χ4v) is 19.2. The lowest BCUT2D eigenvalue weighted by molar-refractivity contribution is -0.873. The number of esters is 2. The Morgan fingerprint density at radius 1 is 0.330 bits per heavy atom. The molecule has 7 aliphatic carbocycles. The molecule has 0 heterocycles. The van der Waals surface area contributed by atoms with E-state index in [4.69, 9.17) is 9.47 Å². The van der Waals surface area contributed by atoms with Crippen LogP contribution in [0.25, 0.3) is 0 Å². The predicted molar refractivity (Wildman–Crippen MR) is 487 cm³/mol. The largest absolute Gasteiger partial charge is 0.463 e. The lowest BCUT2D eigenvalue weighted by Crippen LogP contribution is -2.43. The Bertz CT molecular complexity index is 2400. The maximum Gasteiger partial charge on any atom is 0.305 e. The summed E-state index contributed by atoms with van der Waals surface area (Å²) in [6.45, 7) is 14.4. The molecular formula is C101H196N6O8+2. The molecule has 0 aliphatic heterocycles. The predicted octanol–water partition coefficient (Wildman–Crippen LogP) is 23.3. The number of aliphatic hydroxyl groups is 2. The van der Waals surface area contributed by atoms with Crippen molar-refractivity contribution in [1.29, 1.82) is 0 Å². The third-order valence-corrected chi connectivity index (χ3v) is 27.4. The first-order valence-corrected chi connectivity index (χ1v) is 50.4. The number of hydrogen-bond acceptors (Lipinski definition) is 10. The molecular weight excluding hydrogens is 1430 g/mol. The first-order chi connectivity index (χ1) is 55.3. The van der Waals surface area contributed by atoms with Gasteiger partial charge in [0.05, 0.1) is 48.8 Å². The van der Waals surface area contributed by atoms with Crippen molar-refractivity contribution in [1.82, 2.24) is 20.4 Å². The molecule has 115 heavy (non-hydrogen) atoms. The molecule has 14 nitrogen and oxygen atoms in total. The van der Waals surface area contributed by atoms with E-state index in [1.165, 1.54) is 283 Å². The average Bonchev–Trinajstić information content (AvgIpc) is 1.63. The lowest BCUT2D eigenvalue weighted by Gasteiger charge is -2.26. The Hall–Kier alpha value is -2.36. The van der Waals surface area contributed by atoms with Crippen LogP contribution in [-0.4, -0.2) is 188 Å². The highest BCUT2D eigenvalue weighted by atomic mass is 16.5. The Labute approximate surface area is 712 Å². The maximum atomic E-state index is 11.8. The van der Waals surface area contributed by atoms with Crippen molar-refractivity contribution in [2.45, 2.75) is 419 Å². The molecule has 7 fully saturated rings. The standard InChI is InChI=1S/C27H50NO3.C25H50N2O.C25H47NO3.C24H48N2O/c1-5-20-13-22(20)15-24-17-25(24)16-23-14-21(23)11-9-7-6-8-10-12-27(30)31-19-26(29)18-28(2,3)4;1-5-6-7-8-10-13-17-23-22-24(23)18-14-11-9-12-15-19-25(28)26-20-16-21-27(2,3)4;1-4-5-9-12-20-15-22(20)17-23-16-21(23)13-10-7-6-8-11-14-25(28)29-19-24(27)18-26(2)3;1-4-5-6-7-9-12-16-22-21-23(22)17-13-10-8-11-14-18-24(27)25-19-15-20-26(2)3/h20-26,29H,5-19H2,1-4H3;23-24H,5-22H2,1-4H3;20-24,27H,4-19H2,1-3H3;22-23H,4-21H2,1-3H3,(H,25,27)/q+1;;;/p+1. The minimum atomic E-state index is -0.591. The summed E-state index contributed by atoms with van der Waals surface area (Å²) >= 11 is 0. The SMILES string of the molecule is CCC1CC1CC1CC1CC1CC1CCCCCCCC(=O)OCC(O)C[N+](C)(C)C.CCCCCC1CC1CC1CC1CCCCCCCC(=O)OCC(O)CN(C)C.CCCCCCCCC1CC1CCCCCCCC(=O)NCCCN(C)C.CCCCCCCCC1CC1CCCCCCCC(=O)NCCC[N+](C)(C)C. The molecule has 676 valence electrons. The van der Waals surface area contributed by atoms with Crippen LogP contribution in [0.2, 0.25) is 0 Å². The third-order valence-electron chi connectivity index (χ3n) is 27.4. The molecule has 7 saturated carbocycles. The van der Waals surface area contributed by atoms with E-state index in [0.29, 0.717) is 43.3 Å². The lowest BCUT2D eigenvalue weighted by atomic mass is 10.0. The fourth-order valence-electron chi connectivity index (χ4n) is 19.2. The Morgan fingerprint density at radius 3 is 0.948 bits per heavy atom. The van der Waals surface area contributed by atoms with Gasteiger partial charge in [0.25, 0.3) is 0 Å². The highest BCUT2D eigenvalue weighted by molar-refractivity contribution is 5.76. The number of likely N-dealkylation sites (N-methyl/N-ethyl adjacent to an activating group) is 2. The van der Waals surface area contributed by atoms with E-state index in [1.54, 1.807) is 19.3 Å². The van der Waals surface area contributed by atoms with Crippen LogP contribution < -0.4 is 10.6 Å². The van der Waals surface area contributed by atoms with E-state index >= 15 is 0 Å². The highest BCUT2D eigenvalue weighted by Gasteiger charge is 2.49. The number of carbonyl (C=O) groups is 4. The second-order valence-corrected chi connectivity index (χ2v) is 41.9. The monoisotopic (exact) mass is 1620 g/mol. The Morgan fingerprint density at radius 2 is 0.609 bits per heavy atom. The second kappa shape index (κ2) is 63.6. The van der Waals surface area contributed by atoms with E-state index < -0.39 is 12.2 Å². The van der Waals surface area contributed by atoms with E-state index in [0.717, 1.165) is 165 Å². The van der Waals surface area contributed by atoms with Crippen LogP contribution in [0.4, 0.5) is 0 Å². The number of hydrogen-bond donors (Lipinski definition) is 4. The van der Waals surface area contributed by atoms with E-state index in [2.05, 4.69) is 78.5 Å². The number of unbranched alkanes of at least 4 members (excludes halogenated alkanes) is 28. The zero-order valence-electron chi connectivity index (χ0n) is 78.7. The highest BCUT2D eigenvalue weighted by Crippen LogP contribution is 2.59. The molecule has 16 unspecified atom stereocenters. The minimum absolute atomic E-state index is 0.111. The van der Waals surface area contributed by atoms with E-state index in [1.807, 2.05) is 40.1 Å². The molecule has 4 N–H and O–H groups in total. The first kappa shape index (κ1) is 105. The zero-order valence-corrected chi connectivity index (χ0v) is 78.7. The summed E-state index contributed by atoms with van der Waals surface area (Å²) in [6, 6.07) is 0. The number of quaternary nitrogens is 2. The third kappa shape index (κ3) is 60.7. The molecule has 0 aromatic heterocycles. The van der Waals surface area contributed by atoms with Gasteiger partial charge in [0.1, 0.15) is 32.0 Å². The normalized spacial score (nSPS) is 24.5. The van der Waals surface area contributed by atoms with Crippen molar-refractivity contribution < 1.29 is 47.8 Å². The number of carbonyl (C=O) groups excluding carboxylic acids is 4. The molecule has 14 heteroatoms. The van der Waals surface area contributed by atoms with Gasteiger partial charge in [-0.2, -0.15) is 0 Å². The van der Waals surface area contributed by atoms with Gasteiger partial charge in [-0.05, 0) is 214 Å². The van der Waals surface area contributed by atoms with Crippen molar-refractivity contribution in [3.8, 4) is 0 Å².